The summed E-state index contributed by atoms with van der Waals surface area (Å²) in [4.78, 5) is 2.41. The Morgan fingerprint density at radius 3 is 2.43 bits per heavy atom. The highest BCUT2D eigenvalue weighted by Gasteiger charge is 2.23. The molecule has 1 aromatic carbocycles. The van der Waals surface area contributed by atoms with Crippen molar-refractivity contribution in [2.75, 3.05) is 25.4 Å². The van der Waals surface area contributed by atoms with Gasteiger partial charge in [0.2, 0.25) is 10.0 Å². The summed E-state index contributed by atoms with van der Waals surface area (Å²) in [7, 11) is -3.15. The number of rotatable bonds is 7. The molecule has 1 heterocycles. The van der Waals surface area contributed by atoms with E-state index >= 15 is 0 Å². The molecule has 1 fully saturated rings. The second-order valence-corrected chi connectivity index (χ2v) is 7.62. The molecule has 0 saturated carbocycles. The molecule has 0 amide bonds. The molecule has 0 radical (unpaired) electrons. The van der Waals surface area contributed by atoms with Crippen LogP contribution >= 0.6 is 0 Å². The van der Waals surface area contributed by atoms with Gasteiger partial charge in [-0.25, -0.2) is 13.1 Å². The fourth-order valence-corrected chi connectivity index (χ4v) is 4.00. The van der Waals surface area contributed by atoms with E-state index in [1.807, 2.05) is 25.1 Å². The smallest absolute Gasteiger partial charge is 0.211 e. The number of nitrogens with one attached hydrogen (secondary N) is 1. The summed E-state index contributed by atoms with van der Waals surface area (Å²) in [6, 6.07) is 10.4. The summed E-state index contributed by atoms with van der Waals surface area (Å²) < 4.78 is 26.6. The third-order valence-corrected chi connectivity index (χ3v) is 5.54. The number of benzene rings is 1. The van der Waals surface area contributed by atoms with Gasteiger partial charge in [-0.1, -0.05) is 43.7 Å². The van der Waals surface area contributed by atoms with Gasteiger partial charge < -0.3 is 0 Å². The van der Waals surface area contributed by atoms with E-state index in [1.165, 1.54) is 24.8 Å². The van der Waals surface area contributed by atoms with Crippen molar-refractivity contribution < 1.29 is 8.42 Å². The second-order valence-electron chi connectivity index (χ2n) is 5.69. The van der Waals surface area contributed by atoms with Crippen LogP contribution in [0.25, 0.3) is 0 Å². The molecular weight excluding hydrogens is 284 g/mol. The maximum atomic E-state index is 11.9. The van der Waals surface area contributed by atoms with E-state index < -0.39 is 10.0 Å². The third-order valence-electron chi connectivity index (χ3n) is 3.99. The molecule has 1 aliphatic heterocycles. The molecule has 0 aromatic heterocycles. The minimum Gasteiger partial charge on any atom is -0.295 e. The Kier molecular flexibility index (Phi) is 6.21. The van der Waals surface area contributed by atoms with Crippen molar-refractivity contribution in [2.24, 2.45) is 0 Å². The summed E-state index contributed by atoms with van der Waals surface area (Å²) in [6.45, 7) is 4.45. The molecule has 4 nitrogen and oxygen atoms in total. The topological polar surface area (TPSA) is 49.4 Å². The monoisotopic (exact) mass is 310 g/mol. The Bertz CT molecular complexity index is 510. The molecular formula is C16H26N2O2S. The Morgan fingerprint density at radius 1 is 1.14 bits per heavy atom. The van der Waals surface area contributed by atoms with Crippen molar-refractivity contribution in [1.82, 2.24) is 9.62 Å². The van der Waals surface area contributed by atoms with Gasteiger partial charge in [-0.05, 0) is 37.9 Å². The first-order chi connectivity index (χ1) is 10.1. The minimum absolute atomic E-state index is 0.137. The predicted molar refractivity (Wildman–Crippen MR) is 86.7 cm³/mol. The Labute approximate surface area is 128 Å². The highest BCUT2D eigenvalue weighted by Crippen LogP contribution is 2.24. The maximum absolute atomic E-state index is 11.9. The molecule has 0 bridgehead atoms. The van der Waals surface area contributed by atoms with Crippen molar-refractivity contribution in [2.45, 2.75) is 38.6 Å². The predicted octanol–water partition coefficient (Wildman–Crippen LogP) is 2.54. The lowest BCUT2D eigenvalue weighted by Crippen LogP contribution is -2.41. The number of piperidine rings is 1. The summed E-state index contributed by atoms with van der Waals surface area (Å²) in [6.07, 6.45) is 4.32. The van der Waals surface area contributed by atoms with Gasteiger partial charge in [0.15, 0.2) is 0 Å². The lowest BCUT2D eigenvalue weighted by molar-refractivity contribution is 0.164. The standard InChI is InChI=1S/C16H26N2O2S/c1-2-13-21(19,20)17-14-16(15-9-5-3-6-10-15)18-11-7-4-8-12-18/h3,5-6,9-10,16-17H,2,4,7-8,11-14H2,1H3. The number of hydrogen-bond donors (Lipinski definition) is 1. The van der Waals surface area contributed by atoms with Gasteiger partial charge in [0.05, 0.1) is 5.75 Å². The lowest BCUT2D eigenvalue weighted by Gasteiger charge is -2.35. The molecule has 0 aliphatic carbocycles. The van der Waals surface area contributed by atoms with Gasteiger partial charge in [-0.2, -0.15) is 0 Å². The van der Waals surface area contributed by atoms with E-state index in [9.17, 15) is 8.42 Å². The van der Waals surface area contributed by atoms with Crippen molar-refractivity contribution in [1.29, 1.82) is 0 Å². The van der Waals surface area contributed by atoms with Crippen LogP contribution in [0.3, 0.4) is 0 Å². The molecule has 5 heteroatoms. The zero-order valence-corrected chi connectivity index (χ0v) is 13.6. The van der Waals surface area contributed by atoms with Gasteiger partial charge in [-0.3, -0.25) is 4.90 Å². The van der Waals surface area contributed by atoms with Gasteiger partial charge in [0.25, 0.3) is 0 Å². The van der Waals surface area contributed by atoms with Crippen molar-refractivity contribution in [3.05, 3.63) is 35.9 Å². The van der Waals surface area contributed by atoms with Gasteiger partial charge in [0, 0.05) is 12.6 Å². The molecule has 0 spiro atoms. The van der Waals surface area contributed by atoms with Crippen LogP contribution < -0.4 is 4.72 Å². The van der Waals surface area contributed by atoms with Crippen molar-refractivity contribution in [3.8, 4) is 0 Å². The molecule has 118 valence electrons. The van der Waals surface area contributed by atoms with Crippen LogP contribution in [0, 0.1) is 0 Å². The van der Waals surface area contributed by atoms with Crippen LogP contribution in [0.1, 0.15) is 44.2 Å². The van der Waals surface area contributed by atoms with Crippen LogP contribution in [-0.4, -0.2) is 38.7 Å². The Hall–Kier alpha value is -0.910. The molecule has 1 aliphatic rings. The maximum Gasteiger partial charge on any atom is 0.211 e. The van der Waals surface area contributed by atoms with Gasteiger partial charge >= 0.3 is 0 Å². The first-order valence-corrected chi connectivity index (χ1v) is 9.54. The third kappa shape index (κ3) is 5.09. The van der Waals surface area contributed by atoms with Crippen LogP contribution in [-0.2, 0) is 10.0 Å². The number of nitrogens with zero attached hydrogens (tertiary/aromatic N) is 1. The highest BCUT2D eigenvalue weighted by atomic mass is 32.2. The fourth-order valence-electron chi connectivity index (χ4n) is 2.91. The molecule has 1 saturated heterocycles. The number of sulfonamides is 1. The summed E-state index contributed by atoms with van der Waals surface area (Å²) in [5.74, 6) is 0.203. The number of hydrogen-bond acceptors (Lipinski definition) is 3. The quantitative estimate of drug-likeness (QED) is 0.842. The zero-order valence-electron chi connectivity index (χ0n) is 12.8. The van der Waals surface area contributed by atoms with Crippen molar-refractivity contribution in [3.63, 3.8) is 0 Å². The zero-order chi connectivity index (χ0) is 15.1. The number of likely N-dealkylation sites (tertiary alicyclic amines) is 1. The molecule has 1 unspecified atom stereocenters. The van der Waals surface area contributed by atoms with Crippen LogP contribution in [0.4, 0.5) is 0 Å². The average molecular weight is 310 g/mol. The molecule has 1 atom stereocenters. The molecule has 2 rings (SSSR count). The summed E-state index contributed by atoms with van der Waals surface area (Å²) in [5.41, 5.74) is 1.19. The van der Waals surface area contributed by atoms with E-state index in [4.69, 9.17) is 0 Å². The Morgan fingerprint density at radius 2 is 1.81 bits per heavy atom. The fraction of sp³-hybridized carbons (Fsp3) is 0.625. The summed E-state index contributed by atoms with van der Waals surface area (Å²) in [5, 5.41) is 0. The van der Waals surface area contributed by atoms with Gasteiger partial charge in [-0.15, -0.1) is 0 Å². The Balaban J connectivity index is 2.09. The van der Waals surface area contributed by atoms with Crippen LogP contribution in [0.2, 0.25) is 0 Å². The second kappa shape index (κ2) is 7.92. The van der Waals surface area contributed by atoms with Crippen LogP contribution in [0.15, 0.2) is 30.3 Å². The van der Waals surface area contributed by atoms with Crippen molar-refractivity contribution >= 4 is 10.0 Å². The average Bonchev–Trinajstić information content (AvgIpc) is 2.49. The van der Waals surface area contributed by atoms with E-state index in [-0.39, 0.29) is 11.8 Å². The SMILES string of the molecule is CCCS(=O)(=O)NCC(c1ccccc1)N1CCCCC1. The summed E-state index contributed by atoms with van der Waals surface area (Å²) >= 11 is 0. The van der Waals surface area contributed by atoms with Crippen LogP contribution in [0.5, 0.6) is 0 Å². The normalized spacial score (nSPS) is 18.5. The lowest BCUT2D eigenvalue weighted by atomic mass is 10.0. The largest absolute Gasteiger partial charge is 0.295 e. The van der Waals surface area contributed by atoms with E-state index in [0.29, 0.717) is 13.0 Å². The van der Waals surface area contributed by atoms with E-state index in [1.54, 1.807) is 0 Å². The first-order valence-electron chi connectivity index (χ1n) is 7.89. The van der Waals surface area contributed by atoms with E-state index in [2.05, 4.69) is 21.8 Å². The molecule has 21 heavy (non-hydrogen) atoms. The minimum atomic E-state index is -3.15. The van der Waals surface area contributed by atoms with Gasteiger partial charge in [0.1, 0.15) is 0 Å². The highest BCUT2D eigenvalue weighted by molar-refractivity contribution is 7.89. The first kappa shape index (κ1) is 16.5. The molecule has 1 N–H and O–H groups in total. The van der Waals surface area contributed by atoms with E-state index in [0.717, 1.165) is 13.1 Å². The molecule has 1 aromatic rings.